The molecule has 0 N–H and O–H groups in total. The molecule has 0 spiro atoms. The molecule has 0 radical (unpaired) electrons. The highest BCUT2D eigenvalue weighted by molar-refractivity contribution is 5.20. The van der Waals surface area contributed by atoms with E-state index in [1.807, 2.05) is 0 Å². The minimum Gasteiger partial charge on any atom is -0.0998 e. The Labute approximate surface area is 188 Å². The zero-order valence-electron chi connectivity index (χ0n) is 21.4. The van der Waals surface area contributed by atoms with Crippen molar-refractivity contribution in [3.05, 3.63) is 12.2 Å². The molecule has 0 heteroatoms. The van der Waals surface area contributed by atoms with Gasteiger partial charge in [0, 0.05) is 0 Å². The van der Waals surface area contributed by atoms with Crippen LogP contribution in [0.5, 0.6) is 0 Å². The molecule has 5 saturated carbocycles. The van der Waals surface area contributed by atoms with E-state index in [9.17, 15) is 0 Å². The van der Waals surface area contributed by atoms with Gasteiger partial charge >= 0.3 is 0 Å². The van der Waals surface area contributed by atoms with E-state index in [1.165, 1.54) is 76.2 Å². The second-order valence-corrected chi connectivity index (χ2v) is 14.7. The molecule has 0 nitrogen and oxygen atoms in total. The molecule has 5 aliphatic rings. The molecule has 0 aromatic carbocycles. The van der Waals surface area contributed by atoms with Crippen LogP contribution in [0.15, 0.2) is 12.2 Å². The fraction of sp³-hybridized carbons (Fsp3) is 0.933. The fourth-order valence-electron chi connectivity index (χ4n) is 11.6. The van der Waals surface area contributed by atoms with E-state index in [0.29, 0.717) is 27.1 Å². The third-order valence-electron chi connectivity index (χ3n) is 13.2. The van der Waals surface area contributed by atoms with E-state index in [0.717, 1.165) is 29.6 Å². The zero-order valence-corrected chi connectivity index (χ0v) is 21.4. The SMILES string of the molecule is C=C(C)[C@@H]1CCC2(C)CCC3(C)C(CCC4C3(C)CCC3C(C)(C)CCC[C@@]34C)C12. The molecule has 7 unspecified atom stereocenters. The van der Waals surface area contributed by atoms with Crippen molar-refractivity contribution < 1.29 is 0 Å². The maximum atomic E-state index is 4.50. The van der Waals surface area contributed by atoms with Crippen molar-refractivity contribution in [2.45, 2.75) is 119 Å². The van der Waals surface area contributed by atoms with Crippen LogP contribution in [0.25, 0.3) is 0 Å². The number of rotatable bonds is 1. The molecule has 9 atom stereocenters. The molecule has 0 saturated heterocycles. The molecular weight excluding hydrogens is 360 g/mol. The Hall–Kier alpha value is -0.260. The Kier molecular flexibility index (Phi) is 4.61. The van der Waals surface area contributed by atoms with E-state index in [2.05, 4.69) is 55.0 Å². The monoisotopic (exact) mass is 410 g/mol. The van der Waals surface area contributed by atoms with E-state index < -0.39 is 0 Å². The second kappa shape index (κ2) is 6.41. The fourth-order valence-corrected chi connectivity index (χ4v) is 11.6. The molecule has 5 rings (SSSR count). The summed E-state index contributed by atoms with van der Waals surface area (Å²) in [5.74, 6) is 4.51. The van der Waals surface area contributed by atoms with Crippen molar-refractivity contribution in [2.24, 2.45) is 56.7 Å². The van der Waals surface area contributed by atoms with Crippen molar-refractivity contribution in [3.8, 4) is 0 Å². The molecule has 5 aliphatic carbocycles. The quantitative estimate of drug-likeness (QED) is 0.378. The topological polar surface area (TPSA) is 0 Å². The van der Waals surface area contributed by atoms with Gasteiger partial charge in [-0.15, -0.1) is 0 Å². The van der Waals surface area contributed by atoms with Crippen molar-refractivity contribution in [2.75, 3.05) is 0 Å². The predicted molar refractivity (Wildman–Crippen MR) is 129 cm³/mol. The first-order valence-corrected chi connectivity index (χ1v) is 13.5. The maximum Gasteiger partial charge on any atom is -0.0172 e. The van der Waals surface area contributed by atoms with Crippen LogP contribution in [0.4, 0.5) is 0 Å². The molecular formula is C30H50. The van der Waals surface area contributed by atoms with Crippen molar-refractivity contribution in [3.63, 3.8) is 0 Å². The minimum absolute atomic E-state index is 0.535. The summed E-state index contributed by atoms with van der Waals surface area (Å²) < 4.78 is 0. The summed E-state index contributed by atoms with van der Waals surface area (Å²) in [6.45, 7) is 23.0. The Bertz CT molecular complexity index is 730. The summed E-state index contributed by atoms with van der Waals surface area (Å²) in [5.41, 5.74) is 4.28. The van der Waals surface area contributed by atoms with Crippen LogP contribution >= 0.6 is 0 Å². The summed E-state index contributed by atoms with van der Waals surface area (Å²) in [6.07, 6.45) is 16.2. The van der Waals surface area contributed by atoms with E-state index >= 15 is 0 Å². The summed E-state index contributed by atoms with van der Waals surface area (Å²) in [6, 6.07) is 0. The zero-order chi connectivity index (χ0) is 21.7. The Morgan fingerprint density at radius 3 is 2.13 bits per heavy atom. The molecule has 170 valence electrons. The summed E-state index contributed by atoms with van der Waals surface area (Å²) in [4.78, 5) is 0. The van der Waals surface area contributed by atoms with Crippen molar-refractivity contribution in [1.29, 1.82) is 0 Å². The smallest absolute Gasteiger partial charge is 0.0172 e. The van der Waals surface area contributed by atoms with Gasteiger partial charge in [-0.2, -0.15) is 0 Å². The number of allylic oxidation sites excluding steroid dienone is 1. The van der Waals surface area contributed by atoms with Gasteiger partial charge in [-0.25, -0.2) is 0 Å². The Balaban J connectivity index is 1.55. The highest BCUT2D eigenvalue weighted by atomic mass is 14.7. The first kappa shape index (κ1) is 21.6. The molecule has 0 heterocycles. The van der Waals surface area contributed by atoms with Gasteiger partial charge in [0.25, 0.3) is 0 Å². The predicted octanol–water partition coefficient (Wildman–Crippen LogP) is 9.05. The third kappa shape index (κ3) is 2.52. The van der Waals surface area contributed by atoms with Crippen LogP contribution in [0.1, 0.15) is 119 Å². The van der Waals surface area contributed by atoms with Crippen LogP contribution in [0.2, 0.25) is 0 Å². The lowest BCUT2D eigenvalue weighted by molar-refractivity contribution is -0.235. The highest BCUT2D eigenvalue weighted by Gasteiger charge is 2.69. The molecule has 0 aromatic rings. The van der Waals surface area contributed by atoms with E-state index in [4.69, 9.17) is 0 Å². The lowest BCUT2D eigenvalue weighted by Gasteiger charge is -2.72. The van der Waals surface area contributed by atoms with E-state index in [1.54, 1.807) is 0 Å². The van der Waals surface area contributed by atoms with Gasteiger partial charge in [0.1, 0.15) is 0 Å². The van der Waals surface area contributed by atoms with Gasteiger partial charge in [0.15, 0.2) is 0 Å². The summed E-state index contributed by atoms with van der Waals surface area (Å²) in [7, 11) is 0. The third-order valence-corrected chi connectivity index (χ3v) is 13.2. The average molecular weight is 411 g/mol. The lowest BCUT2D eigenvalue weighted by Crippen LogP contribution is -2.65. The Morgan fingerprint density at radius 1 is 0.700 bits per heavy atom. The van der Waals surface area contributed by atoms with Crippen molar-refractivity contribution in [1.82, 2.24) is 0 Å². The Morgan fingerprint density at radius 2 is 1.43 bits per heavy atom. The molecule has 0 amide bonds. The first-order chi connectivity index (χ1) is 13.9. The van der Waals surface area contributed by atoms with Gasteiger partial charge in [-0.1, -0.05) is 60.1 Å². The van der Waals surface area contributed by atoms with Gasteiger partial charge in [-0.3, -0.25) is 0 Å². The molecule has 0 aromatic heterocycles. The minimum atomic E-state index is 0.535. The van der Waals surface area contributed by atoms with E-state index in [-0.39, 0.29) is 0 Å². The van der Waals surface area contributed by atoms with Gasteiger partial charge in [-0.05, 0) is 128 Å². The number of hydrogen-bond donors (Lipinski definition) is 0. The number of fused-ring (bicyclic) bond motifs is 7. The van der Waals surface area contributed by atoms with Crippen LogP contribution < -0.4 is 0 Å². The normalized spacial score (nSPS) is 57.0. The second-order valence-electron chi connectivity index (χ2n) is 14.7. The lowest BCUT2D eigenvalue weighted by atomic mass is 9.32. The summed E-state index contributed by atoms with van der Waals surface area (Å²) in [5, 5.41) is 0. The largest absolute Gasteiger partial charge is 0.0998 e. The summed E-state index contributed by atoms with van der Waals surface area (Å²) >= 11 is 0. The standard InChI is InChI=1S/C30H50/c1-20(2)21-12-16-27(5)18-19-29(7)22(25(21)27)10-11-24-28(6)15-9-14-26(3,4)23(28)13-17-30(24,29)8/h21-25H,1,9-19H2,2-8H3/t21-,22?,23?,24?,25?,27?,28-,29?,30?/m0/s1. The average Bonchev–Trinajstić information content (AvgIpc) is 2.99. The van der Waals surface area contributed by atoms with Crippen molar-refractivity contribution >= 4 is 0 Å². The highest BCUT2D eigenvalue weighted by Crippen LogP contribution is 2.77. The number of hydrogen-bond acceptors (Lipinski definition) is 0. The molecule has 5 fully saturated rings. The van der Waals surface area contributed by atoms with Gasteiger partial charge in [0.05, 0.1) is 0 Å². The van der Waals surface area contributed by atoms with Gasteiger partial charge in [0.2, 0.25) is 0 Å². The van der Waals surface area contributed by atoms with Crippen LogP contribution in [0.3, 0.4) is 0 Å². The van der Waals surface area contributed by atoms with Crippen LogP contribution in [0, 0.1) is 56.7 Å². The van der Waals surface area contributed by atoms with Gasteiger partial charge < -0.3 is 0 Å². The molecule has 30 heavy (non-hydrogen) atoms. The maximum absolute atomic E-state index is 4.50. The molecule has 0 aliphatic heterocycles. The van der Waals surface area contributed by atoms with Crippen LogP contribution in [-0.4, -0.2) is 0 Å². The van der Waals surface area contributed by atoms with Crippen LogP contribution in [-0.2, 0) is 0 Å². The molecule has 0 bridgehead atoms. The first-order valence-electron chi connectivity index (χ1n) is 13.5.